The van der Waals surface area contributed by atoms with Gasteiger partial charge in [-0.1, -0.05) is 5.21 Å². The van der Waals surface area contributed by atoms with Crippen molar-refractivity contribution in [1.82, 2.24) is 24.8 Å². The molecule has 7 heteroatoms. The van der Waals surface area contributed by atoms with Crippen molar-refractivity contribution in [2.75, 3.05) is 0 Å². The Hall–Kier alpha value is -2.83. The number of halogens is 1. The number of rotatable bonds is 2. The van der Waals surface area contributed by atoms with Crippen LogP contribution in [0.5, 0.6) is 0 Å². The van der Waals surface area contributed by atoms with Crippen molar-refractivity contribution in [1.29, 1.82) is 0 Å². The number of nitrogens with zero attached hydrogens (tertiary/aromatic N) is 5. The molecule has 0 unspecified atom stereocenters. The van der Waals surface area contributed by atoms with E-state index in [-0.39, 0.29) is 11.2 Å². The van der Waals surface area contributed by atoms with E-state index >= 15 is 0 Å². The molecule has 0 aliphatic rings. The first-order chi connectivity index (χ1) is 10.1. The van der Waals surface area contributed by atoms with E-state index in [0.717, 1.165) is 10.4 Å². The molecule has 0 aliphatic carbocycles. The van der Waals surface area contributed by atoms with Crippen LogP contribution in [0.2, 0.25) is 0 Å². The van der Waals surface area contributed by atoms with Gasteiger partial charge in [-0.15, -0.1) is 5.10 Å². The Balaban J connectivity index is 2.22. The summed E-state index contributed by atoms with van der Waals surface area (Å²) >= 11 is 0. The van der Waals surface area contributed by atoms with Crippen LogP contribution in [0.1, 0.15) is 5.69 Å². The molecule has 0 saturated carbocycles. The van der Waals surface area contributed by atoms with Gasteiger partial charge in [0.05, 0.1) is 17.6 Å². The van der Waals surface area contributed by atoms with Crippen molar-refractivity contribution >= 4 is 0 Å². The summed E-state index contributed by atoms with van der Waals surface area (Å²) in [4.78, 5) is 11.9. The van der Waals surface area contributed by atoms with Gasteiger partial charge in [0.2, 0.25) is 0 Å². The zero-order chi connectivity index (χ0) is 15.0. The fourth-order valence-corrected chi connectivity index (χ4v) is 2.06. The van der Waals surface area contributed by atoms with Crippen molar-refractivity contribution in [3.05, 3.63) is 58.4 Å². The lowest BCUT2D eigenvalue weighted by molar-refractivity contribution is 0.604. The molecule has 0 atom stereocenters. The van der Waals surface area contributed by atoms with Crippen molar-refractivity contribution in [3.8, 4) is 16.9 Å². The molecule has 3 rings (SSSR count). The van der Waals surface area contributed by atoms with Gasteiger partial charge in [0.1, 0.15) is 11.5 Å². The van der Waals surface area contributed by atoms with Gasteiger partial charge in [0.15, 0.2) is 0 Å². The Morgan fingerprint density at radius 3 is 2.71 bits per heavy atom. The van der Waals surface area contributed by atoms with Gasteiger partial charge < -0.3 is 0 Å². The summed E-state index contributed by atoms with van der Waals surface area (Å²) in [6.07, 6.45) is 1.57. The monoisotopic (exact) mass is 285 g/mol. The molecule has 0 aliphatic heterocycles. The molecule has 0 spiro atoms. The van der Waals surface area contributed by atoms with Crippen LogP contribution in [0.15, 0.2) is 41.3 Å². The van der Waals surface area contributed by atoms with Crippen LogP contribution in [-0.2, 0) is 7.05 Å². The van der Waals surface area contributed by atoms with Gasteiger partial charge >= 0.3 is 0 Å². The second-order valence-electron chi connectivity index (χ2n) is 4.63. The molecule has 2 aromatic heterocycles. The van der Waals surface area contributed by atoms with Crippen molar-refractivity contribution in [3.63, 3.8) is 0 Å². The van der Waals surface area contributed by atoms with E-state index in [9.17, 15) is 9.18 Å². The smallest absolute Gasteiger partial charge is 0.267 e. The van der Waals surface area contributed by atoms with Crippen LogP contribution < -0.4 is 5.56 Å². The van der Waals surface area contributed by atoms with Gasteiger partial charge in [-0.05, 0) is 31.2 Å². The quantitative estimate of drug-likeness (QED) is 0.715. The Morgan fingerprint density at radius 2 is 2.00 bits per heavy atom. The van der Waals surface area contributed by atoms with Gasteiger partial charge in [-0.25, -0.2) is 9.07 Å². The topological polar surface area (TPSA) is 65.6 Å². The van der Waals surface area contributed by atoms with Crippen LogP contribution in [-0.4, -0.2) is 24.8 Å². The lowest BCUT2D eigenvalue weighted by Gasteiger charge is -2.09. The van der Waals surface area contributed by atoms with Crippen molar-refractivity contribution in [2.24, 2.45) is 7.05 Å². The Kier molecular flexibility index (Phi) is 3.09. The molecule has 0 radical (unpaired) electrons. The van der Waals surface area contributed by atoms with Gasteiger partial charge in [0.25, 0.3) is 5.56 Å². The van der Waals surface area contributed by atoms with E-state index in [4.69, 9.17) is 0 Å². The van der Waals surface area contributed by atoms with E-state index in [0.29, 0.717) is 11.3 Å². The van der Waals surface area contributed by atoms with E-state index < -0.39 is 5.82 Å². The maximum Gasteiger partial charge on any atom is 0.271 e. The van der Waals surface area contributed by atoms with Gasteiger partial charge in [-0.2, -0.15) is 9.78 Å². The fourth-order valence-electron chi connectivity index (χ4n) is 2.06. The molecular weight excluding hydrogens is 273 g/mol. The maximum atomic E-state index is 14.1. The molecule has 2 heterocycles. The Bertz CT molecular complexity index is 868. The third-order valence-electron chi connectivity index (χ3n) is 3.12. The van der Waals surface area contributed by atoms with E-state index in [1.807, 2.05) is 0 Å². The van der Waals surface area contributed by atoms with Crippen molar-refractivity contribution < 1.29 is 4.39 Å². The predicted molar refractivity (Wildman–Crippen MR) is 74.5 cm³/mol. The summed E-state index contributed by atoms with van der Waals surface area (Å²) in [7, 11) is 1.74. The minimum atomic E-state index is -0.519. The summed E-state index contributed by atoms with van der Waals surface area (Å²) in [5.74, 6) is -0.519. The number of benzene rings is 1. The molecule has 21 heavy (non-hydrogen) atoms. The molecule has 0 saturated heterocycles. The lowest BCUT2D eigenvalue weighted by Crippen LogP contribution is -2.21. The molecule has 0 bridgehead atoms. The molecular formula is C14H12FN5O. The molecule has 0 fully saturated rings. The summed E-state index contributed by atoms with van der Waals surface area (Å²) in [6, 6.07) is 7.42. The van der Waals surface area contributed by atoms with Crippen LogP contribution in [0.4, 0.5) is 4.39 Å². The van der Waals surface area contributed by atoms with Crippen LogP contribution in [0, 0.1) is 12.7 Å². The summed E-state index contributed by atoms with van der Waals surface area (Å²) in [5.41, 5.74) is 1.76. The van der Waals surface area contributed by atoms with Crippen LogP contribution in [0.3, 0.4) is 0 Å². The predicted octanol–water partition coefficient (Wildman–Crippen LogP) is 1.48. The summed E-state index contributed by atoms with van der Waals surface area (Å²) < 4.78 is 16.7. The van der Waals surface area contributed by atoms with E-state index in [2.05, 4.69) is 15.4 Å². The number of hydrogen-bond acceptors (Lipinski definition) is 4. The minimum Gasteiger partial charge on any atom is -0.267 e. The minimum absolute atomic E-state index is 0.0994. The fraction of sp³-hybridized carbons (Fsp3) is 0.143. The van der Waals surface area contributed by atoms with Crippen molar-refractivity contribution in [2.45, 2.75) is 6.92 Å². The number of aromatic nitrogens is 5. The molecule has 1 aromatic carbocycles. The second-order valence-corrected chi connectivity index (χ2v) is 4.63. The highest BCUT2D eigenvalue weighted by Gasteiger charge is 2.12. The average Bonchev–Trinajstić information content (AvgIpc) is 2.89. The SMILES string of the molecule is Cc1ccc(=O)n(-c2cc(-c3cnnn3C)ccc2F)n1. The molecule has 6 nitrogen and oxygen atoms in total. The molecule has 106 valence electrons. The maximum absolute atomic E-state index is 14.1. The van der Waals surface area contributed by atoms with Crippen LogP contribution in [0.25, 0.3) is 16.9 Å². The van der Waals surface area contributed by atoms with Crippen LogP contribution >= 0.6 is 0 Å². The number of aryl methyl sites for hydroxylation is 2. The highest BCUT2D eigenvalue weighted by Crippen LogP contribution is 2.22. The van der Waals surface area contributed by atoms with Gasteiger partial charge in [-0.3, -0.25) is 4.79 Å². The summed E-state index contributed by atoms with van der Waals surface area (Å²) in [6.45, 7) is 1.74. The first kappa shape index (κ1) is 13.2. The zero-order valence-corrected chi connectivity index (χ0v) is 11.5. The third-order valence-corrected chi connectivity index (χ3v) is 3.12. The highest BCUT2D eigenvalue weighted by molar-refractivity contribution is 5.61. The number of hydrogen-bond donors (Lipinski definition) is 0. The Morgan fingerprint density at radius 1 is 1.19 bits per heavy atom. The molecule has 0 amide bonds. The normalized spacial score (nSPS) is 10.8. The lowest BCUT2D eigenvalue weighted by atomic mass is 10.1. The average molecular weight is 285 g/mol. The first-order valence-corrected chi connectivity index (χ1v) is 6.28. The largest absolute Gasteiger partial charge is 0.271 e. The second kappa shape index (κ2) is 4.93. The first-order valence-electron chi connectivity index (χ1n) is 6.28. The standard InChI is InChI=1S/C14H12FN5O/c1-9-3-6-14(21)20(17-9)12-7-10(4-5-11(12)15)13-8-16-18-19(13)2/h3-8H,1-2H3. The van der Waals surface area contributed by atoms with Gasteiger partial charge in [0, 0.05) is 18.7 Å². The third kappa shape index (κ3) is 2.33. The Labute approximate surface area is 119 Å². The molecule has 3 aromatic rings. The van der Waals surface area contributed by atoms with E-state index in [1.54, 1.807) is 43.0 Å². The van der Waals surface area contributed by atoms with E-state index in [1.165, 1.54) is 12.1 Å². The molecule has 0 N–H and O–H groups in total. The zero-order valence-electron chi connectivity index (χ0n) is 11.5. The summed E-state index contributed by atoms with van der Waals surface area (Å²) in [5, 5.41) is 11.7. The highest BCUT2D eigenvalue weighted by atomic mass is 19.1.